The average Bonchev–Trinajstić information content (AvgIpc) is 2.47. The van der Waals surface area contributed by atoms with E-state index >= 15 is 0 Å². The van der Waals surface area contributed by atoms with E-state index in [1.54, 1.807) is 6.07 Å². The van der Waals surface area contributed by atoms with E-state index in [9.17, 15) is 0 Å². The summed E-state index contributed by atoms with van der Waals surface area (Å²) in [6.45, 7) is 5.57. The zero-order valence-corrected chi connectivity index (χ0v) is 13.8. The molecule has 0 saturated carbocycles. The van der Waals surface area contributed by atoms with Crippen LogP contribution in [-0.2, 0) is 0 Å². The van der Waals surface area contributed by atoms with Crippen LogP contribution in [0.2, 0.25) is 10.0 Å². The number of rotatable bonds is 5. The van der Waals surface area contributed by atoms with Gasteiger partial charge in [0.05, 0.1) is 6.04 Å². The van der Waals surface area contributed by atoms with Gasteiger partial charge in [-0.1, -0.05) is 47.5 Å². The number of nitrogens with zero attached hydrogens (tertiary/aromatic N) is 1. The summed E-state index contributed by atoms with van der Waals surface area (Å²) in [5.74, 6) is 0. The number of halogens is 2. The third-order valence-electron chi connectivity index (χ3n) is 3.69. The van der Waals surface area contributed by atoms with Gasteiger partial charge in [0.25, 0.3) is 0 Å². The first-order chi connectivity index (χ1) is 10.1. The monoisotopic (exact) mass is 322 g/mol. The molecule has 0 saturated heterocycles. The molecule has 1 unspecified atom stereocenters. The summed E-state index contributed by atoms with van der Waals surface area (Å²) in [5, 5.41) is 1.29. The van der Waals surface area contributed by atoms with Crippen molar-refractivity contribution in [2.45, 2.75) is 19.9 Å². The van der Waals surface area contributed by atoms with Crippen molar-refractivity contribution in [3.8, 4) is 0 Å². The molecule has 0 fully saturated rings. The van der Waals surface area contributed by atoms with Crippen molar-refractivity contribution in [3.63, 3.8) is 0 Å². The van der Waals surface area contributed by atoms with Gasteiger partial charge in [0.2, 0.25) is 0 Å². The van der Waals surface area contributed by atoms with Gasteiger partial charge in [-0.05, 0) is 43.2 Å². The number of likely N-dealkylation sites (N-methyl/N-ethyl adjacent to an activating group) is 1. The molecule has 2 N–H and O–H groups in total. The Morgan fingerprint density at radius 3 is 2.43 bits per heavy atom. The predicted molar refractivity (Wildman–Crippen MR) is 92.5 cm³/mol. The summed E-state index contributed by atoms with van der Waals surface area (Å²) in [6, 6.07) is 13.9. The topological polar surface area (TPSA) is 29.3 Å². The number of benzene rings is 2. The molecule has 0 amide bonds. The Kier molecular flexibility index (Phi) is 5.51. The van der Waals surface area contributed by atoms with Gasteiger partial charge >= 0.3 is 0 Å². The van der Waals surface area contributed by atoms with Crippen LogP contribution in [0.15, 0.2) is 42.5 Å². The highest BCUT2D eigenvalue weighted by Crippen LogP contribution is 2.33. The van der Waals surface area contributed by atoms with E-state index in [1.165, 1.54) is 11.3 Å². The Labute approximate surface area is 136 Å². The summed E-state index contributed by atoms with van der Waals surface area (Å²) in [6.07, 6.45) is 0. The lowest BCUT2D eigenvalue weighted by Crippen LogP contribution is -2.34. The normalized spacial score (nSPS) is 12.2. The highest BCUT2D eigenvalue weighted by atomic mass is 35.5. The van der Waals surface area contributed by atoms with Crippen molar-refractivity contribution >= 4 is 28.9 Å². The first kappa shape index (κ1) is 16.2. The van der Waals surface area contributed by atoms with Crippen LogP contribution in [0.5, 0.6) is 0 Å². The fourth-order valence-corrected chi connectivity index (χ4v) is 3.17. The molecule has 0 aliphatic heterocycles. The summed E-state index contributed by atoms with van der Waals surface area (Å²) in [7, 11) is 0. The number of aryl methyl sites for hydroxylation is 1. The zero-order valence-electron chi connectivity index (χ0n) is 12.3. The third-order valence-corrected chi connectivity index (χ3v) is 4.25. The van der Waals surface area contributed by atoms with Crippen molar-refractivity contribution in [1.29, 1.82) is 0 Å². The summed E-state index contributed by atoms with van der Waals surface area (Å²) in [4.78, 5) is 2.28. The van der Waals surface area contributed by atoms with Crippen molar-refractivity contribution in [3.05, 3.63) is 63.6 Å². The van der Waals surface area contributed by atoms with E-state index in [0.717, 1.165) is 12.1 Å². The molecule has 112 valence electrons. The van der Waals surface area contributed by atoms with Gasteiger partial charge in [-0.15, -0.1) is 0 Å². The maximum absolute atomic E-state index is 6.36. The second-order valence-corrected chi connectivity index (χ2v) is 5.83. The second kappa shape index (κ2) is 7.17. The number of hydrogen-bond acceptors (Lipinski definition) is 2. The van der Waals surface area contributed by atoms with Crippen molar-refractivity contribution in [2.24, 2.45) is 5.73 Å². The predicted octanol–water partition coefficient (Wildman–Crippen LogP) is 4.83. The minimum Gasteiger partial charge on any atom is -0.363 e. The van der Waals surface area contributed by atoms with Gasteiger partial charge in [0.1, 0.15) is 0 Å². The molecular weight excluding hydrogens is 303 g/mol. The standard InChI is InChI=1S/C17H20Cl2N2/c1-3-21(16-7-5-4-6-12(16)2)17(11-20)14-9-8-13(18)10-15(14)19/h4-10,17H,3,11,20H2,1-2H3. The van der Waals surface area contributed by atoms with Crippen LogP contribution < -0.4 is 10.6 Å². The number of anilines is 1. The van der Waals surface area contributed by atoms with Crippen LogP contribution in [0.4, 0.5) is 5.69 Å². The quantitative estimate of drug-likeness (QED) is 0.854. The van der Waals surface area contributed by atoms with Crippen LogP contribution in [-0.4, -0.2) is 13.1 Å². The fourth-order valence-electron chi connectivity index (χ4n) is 2.64. The molecule has 0 bridgehead atoms. The minimum absolute atomic E-state index is 0.0286. The van der Waals surface area contributed by atoms with Gasteiger partial charge < -0.3 is 10.6 Å². The first-order valence-corrected chi connectivity index (χ1v) is 7.81. The van der Waals surface area contributed by atoms with Gasteiger partial charge in [-0.3, -0.25) is 0 Å². The van der Waals surface area contributed by atoms with Gasteiger partial charge in [0.15, 0.2) is 0 Å². The van der Waals surface area contributed by atoms with E-state index in [-0.39, 0.29) is 6.04 Å². The highest BCUT2D eigenvalue weighted by Gasteiger charge is 2.21. The van der Waals surface area contributed by atoms with Crippen LogP contribution >= 0.6 is 23.2 Å². The van der Waals surface area contributed by atoms with E-state index < -0.39 is 0 Å². The molecule has 0 heterocycles. The van der Waals surface area contributed by atoms with Crippen molar-refractivity contribution in [2.75, 3.05) is 18.0 Å². The third kappa shape index (κ3) is 3.52. The van der Waals surface area contributed by atoms with E-state index in [4.69, 9.17) is 28.9 Å². The minimum atomic E-state index is 0.0286. The largest absolute Gasteiger partial charge is 0.363 e. The average molecular weight is 323 g/mol. The summed E-state index contributed by atoms with van der Waals surface area (Å²) in [5.41, 5.74) is 9.46. The Morgan fingerprint density at radius 1 is 1.14 bits per heavy atom. The maximum atomic E-state index is 6.36. The molecule has 0 aliphatic rings. The maximum Gasteiger partial charge on any atom is 0.0679 e. The summed E-state index contributed by atoms with van der Waals surface area (Å²) < 4.78 is 0. The fraction of sp³-hybridized carbons (Fsp3) is 0.294. The van der Waals surface area contributed by atoms with Crippen LogP contribution in [0.3, 0.4) is 0 Å². The van der Waals surface area contributed by atoms with E-state index in [1.807, 2.05) is 24.3 Å². The molecule has 0 spiro atoms. The molecule has 0 aromatic heterocycles. The van der Waals surface area contributed by atoms with Crippen molar-refractivity contribution in [1.82, 2.24) is 0 Å². The Morgan fingerprint density at radius 2 is 1.86 bits per heavy atom. The molecule has 21 heavy (non-hydrogen) atoms. The van der Waals surface area contributed by atoms with Crippen LogP contribution in [0.1, 0.15) is 24.1 Å². The molecule has 2 rings (SSSR count). The number of hydrogen-bond donors (Lipinski definition) is 1. The lowest BCUT2D eigenvalue weighted by Gasteiger charge is -2.34. The lowest BCUT2D eigenvalue weighted by molar-refractivity contribution is 0.642. The van der Waals surface area contributed by atoms with E-state index in [2.05, 4.69) is 30.9 Å². The number of para-hydroxylation sites is 1. The molecule has 2 aromatic rings. The molecule has 2 aromatic carbocycles. The molecule has 2 nitrogen and oxygen atoms in total. The molecular formula is C17H20Cl2N2. The Bertz CT molecular complexity index is 613. The second-order valence-electron chi connectivity index (χ2n) is 4.99. The highest BCUT2D eigenvalue weighted by molar-refractivity contribution is 6.35. The lowest BCUT2D eigenvalue weighted by atomic mass is 10.0. The first-order valence-electron chi connectivity index (χ1n) is 7.05. The van der Waals surface area contributed by atoms with Gasteiger partial charge in [0, 0.05) is 28.8 Å². The Balaban J connectivity index is 2.45. The van der Waals surface area contributed by atoms with Crippen LogP contribution in [0, 0.1) is 6.92 Å². The van der Waals surface area contributed by atoms with Crippen molar-refractivity contribution < 1.29 is 0 Å². The van der Waals surface area contributed by atoms with Gasteiger partial charge in [-0.25, -0.2) is 0 Å². The smallest absolute Gasteiger partial charge is 0.0679 e. The zero-order chi connectivity index (χ0) is 15.4. The summed E-state index contributed by atoms with van der Waals surface area (Å²) >= 11 is 12.4. The molecule has 0 radical (unpaired) electrons. The SMILES string of the molecule is CCN(c1ccccc1C)C(CN)c1ccc(Cl)cc1Cl. The molecule has 4 heteroatoms. The van der Waals surface area contributed by atoms with Crippen LogP contribution in [0.25, 0.3) is 0 Å². The number of nitrogens with two attached hydrogens (primary N) is 1. The Hall–Kier alpha value is -1.22. The molecule has 1 atom stereocenters. The molecule has 0 aliphatic carbocycles. The van der Waals surface area contributed by atoms with Gasteiger partial charge in [-0.2, -0.15) is 0 Å². The van der Waals surface area contributed by atoms with E-state index in [0.29, 0.717) is 16.6 Å².